The topological polar surface area (TPSA) is 115 Å². The maximum Gasteiger partial charge on any atom is 0.272 e. The molecule has 2 heterocycles. The Hall–Kier alpha value is -3.46. The first-order valence-electron chi connectivity index (χ1n) is 9.15. The summed E-state index contributed by atoms with van der Waals surface area (Å²) in [6, 6.07) is 10.0. The Morgan fingerprint density at radius 3 is 2.69 bits per heavy atom. The number of hydrogen-bond donors (Lipinski definition) is 2. The van der Waals surface area contributed by atoms with E-state index in [0.717, 1.165) is 0 Å². The molecule has 0 aliphatic rings. The summed E-state index contributed by atoms with van der Waals surface area (Å²) in [5.74, 6) is -0.183. The van der Waals surface area contributed by atoms with Crippen molar-refractivity contribution in [3.8, 4) is 0 Å². The average Bonchev–Trinajstić information content (AvgIpc) is 3.03. The van der Waals surface area contributed by atoms with E-state index in [2.05, 4.69) is 15.3 Å². The number of nitrogen functional groups attached to an aromatic ring is 1. The number of ether oxygens (including phenoxy) is 1. The van der Waals surface area contributed by atoms with Gasteiger partial charge >= 0.3 is 0 Å². The summed E-state index contributed by atoms with van der Waals surface area (Å²) in [7, 11) is 4.96. The fourth-order valence-electron chi connectivity index (χ4n) is 2.88. The summed E-state index contributed by atoms with van der Waals surface area (Å²) >= 11 is 0. The normalized spacial score (nSPS) is 10.9. The lowest BCUT2D eigenvalue weighted by Gasteiger charge is -2.11. The van der Waals surface area contributed by atoms with E-state index in [4.69, 9.17) is 10.5 Å². The highest BCUT2D eigenvalue weighted by molar-refractivity contribution is 6.04. The lowest BCUT2D eigenvalue weighted by Crippen LogP contribution is -2.23. The van der Waals surface area contributed by atoms with Crippen LogP contribution in [-0.2, 0) is 11.3 Å². The molecule has 0 saturated heterocycles. The van der Waals surface area contributed by atoms with E-state index in [-0.39, 0.29) is 11.8 Å². The molecule has 0 atom stereocenters. The maximum atomic E-state index is 12.7. The highest BCUT2D eigenvalue weighted by Gasteiger charge is 2.18. The predicted molar refractivity (Wildman–Crippen MR) is 111 cm³/mol. The van der Waals surface area contributed by atoms with Crippen LogP contribution in [0.5, 0.6) is 0 Å². The second-order valence-electron chi connectivity index (χ2n) is 6.75. The molecule has 0 spiro atoms. The third-order valence-corrected chi connectivity index (χ3v) is 4.32. The molecule has 3 aromatic rings. The number of pyridine rings is 1. The summed E-state index contributed by atoms with van der Waals surface area (Å²) in [5.41, 5.74) is 8.12. The van der Waals surface area contributed by atoms with E-state index in [1.807, 2.05) is 0 Å². The first kappa shape index (κ1) is 20.3. The largest absolute Gasteiger partial charge is 0.399 e. The van der Waals surface area contributed by atoms with Crippen LogP contribution in [0.15, 0.2) is 36.4 Å². The molecule has 0 saturated carbocycles. The van der Waals surface area contributed by atoms with Gasteiger partial charge in [0, 0.05) is 45.6 Å². The molecular weight excluding hydrogens is 372 g/mol. The Morgan fingerprint density at radius 1 is 1.21 bits per heavy atom. The summed E-state index contributed by atoms with van der Waals surface area (Å²) in [6.07, 6.45) is 0.691. The fraction of sp³-hybridized carbons (Fsp3) is 0.300. The molecule has 9 heteroatoms. The number of nitrogens with zero attached hydrogens (tertiary/aromatic N) is 4. The van der Waals surface area contributed by atoms with E-state index >= 15 is 0 Å². The molecule has 3 N–H and O–H groups in total. The van der Waals surface area contributed by atoms with Crippen LogP contribution >= 0.6 is 0 Å². The second kappa shape index (κ2) is 8.70. The third kappa shape index (κ3) is 4.52. The molecular formula is C20H24N6O3. The van der Waals surface area contributed by atoms with Crippen LogP contribution in [0.3, 0.4) is 0 Å². The quantitative estimate of drug-likeness (QED) is 0.466. The van der Waals surface area contributed by atoms with Crippen molar-refractivity contribution in [3.63, 3.8) is 0 Å². The number of nitrogens with two attached hydrogens (primary N) is 1. The minimum atomic E-state index is -0.329. The van der Waals surface area contributed by atoms with Gasteiger partial charge < -0.3 is 15.4 Å². The van der Waals surface area contributed by atoms with Crippen molar-refractivity contribution in [1.82, 2.24) is 19.4 Å². The molecule has 0 unspecified atom stereocenters. The van der Waals surface area contributed by atoms with E-state index in [9.17, 15) is 9.59 Å². The fourth-order valence-corrected chi connectivity index (χ4v) is 2.88. The summed E-state index contributed by atoms with van der Waals surface area (Å²) < 4.78 is 6.92. The molecule has 9 nitrogen and oxygen atoms in total. The number of anilines is 2. The number of aromatic nitrogens is 3. The number of hydrogen-bond acceptors (Lipinski definition) is 6. The van der Waals surface area contributed by atoms with Crippen molar-refractivity contribution in [1.29, 1.82) is 0 Å². The number of benzene rings is 1. The van der Waals surface area contributed by atoms with Gasteiger partial charge in [0.25, 0.3) is 11.8 Å². The van der Waals surface area contributed by atoms with Gasteiger partial charge in [-0.25, -0.2) is 9.97 Å². The molecule has 0 aliphatic heterocycles. The van der Waals surface area contributed by atoms with Crippen LogP contribution in [0.4, 0.5) is 11.6 Å². The van der Waals surface area contributed by atoms with Crippen LogP contribution in [-0.4, -0.2) is 59.1 Å². The highest BCUT2D eigenvalue weighted by atomic mass is 16.5. The van der Waals surface area contributed by atoms with Crippen molar-refractivity contribution in [2.24, 2.45) is 0 Å². The minimum absolute atomic E-state index is 0.207. The number of carbonyl (C=O) groups is 2. The highest BCUT2D eigenvalue weighted by Crippen LogP contribution is 2.21. The Labute approximate surface area is 168 Å². The lowest BCUT2D eigenvalue weighted by molar-refractivity contribution is 0.0822. The van der Waals surface area contributed by atoms with E-state index in [1.54, 1.807) is 62.2 Å². The molecule has 0 fully saturated rings. The van der Waals surface area contributed by atoms with Gasteiger partial charge in [0.15, 0.2) is 5.65 Å². The number of carbonyl (C=O) groups excluding carboxylic acids is 2. The number of nitrogens with one attached hydrogen (secondary N) is 1. The summed E-state index contributed by atoms with van der Waals surface area (Å²) in [4.78, 5) is 35.4. The first-order chi connectivity index (χ1) is 13.9. The number of methoxy groups -OCH3 is 1. The monoisotopic (exact) mass is 396 g/mol. The predicted octanol–water partition coefficient (Wildman–Crippen LogP) is 2.00. The number of imidazole rings is 1. The zero-order valence-corrected chi connectivity index (χ0v) is 16.7. The van der Waals surface area contributed by atoms with Crippen molar-refractivity contribution < 1.29 is 14.3 Å². The second-order valence-corrected chi connectivity index (χ2v) is 6.75. The molecule has 0 aliphatic carbocycles. The van der Waals surface area contributed by atoms with Crippen LogP contribution in [0.25, 0.3) is 11.2 Å². The van der Waals surface area contributed by atoms with Gasteiger partial charge in [-0.15, -0.1) is 0 Å². The Bertz CT molecular complexity index is 1040. The molecule has 0 bridgehead atoms. The van der Waals surface area contributed by atoms with E-state index in [1.165, 1.54) is 4.90 Å². The number of amides is 2. The maximum absolute atomic E-state index is 12.7. The van der Waals surface area contributed by atoms with E-state index in [0.29, 0.717) is 53.6 Å². The smallest absolute Gasteiger partial charge is 0.272 e. The van der Waals surface area contributed by atoms with Crippen LogP contribution in [0, 0.1) is 0 Å². The van der Waals surface area contributed by atoms with Gasteiger partial charge in [-0.3, -0.25) is 19.5 Å². The van der Waals surface area contributed by atoms with Crippen LogP contribution in [0.2, 0.25) is 0 Å². The third-order valence-electron chi connectivity index (χ3n) is 4.32. The van der Waals surface area contributed by atoms with Gasteiger partial charge in [0.05, 0.1) is 0 Å². The lowest BCUT2D eigenvalue weighted by atomic mass is 10.2. The molecule has 0 radical (unpaired) electrons. The van der Waals surface area contributed by atoms with Gasteiger partial charge in [-0.1, -0.05) is 6.07 Å². The minimum Gasteiger partial charge on any atom is -0.399 e. The number of aryl methyl sites for hydroxylation is 1. The Kier molecular flexibility index (Phi) is 6.08. The van der Waals surface area contributed by atoms with Gasteiger partial charge in [-0.05, 0) is 36.8 Å². The SMILES string of the molecule is COCCCn1c(NC(=O)c2cccc(N)c2)nc2ccc(C(=O)N(C)C)nc21. The zero-order chi connectivity index (χ0) is 21.0. The molecule has 2 amide bonds. The summed E-state index contributed by atoms with van der Waals surface area (Å²) in [6.45, 7) is 1.06. The Morgan fingerprint density at radius 2 is 2.00 bits per heavy atom. The van der Waals surface area contributed by atoms with Crippen molar-refractivity contribution in [3.05, 3.63) is 47.7 Å². The van der Waals surface area contributed by atoms with Crippen molar-refractivity contribution in [2.75, 3.05) is 38.9 Å². The van der Waals surface area contributed by atoms with Gasteiger partial charge in [-0.2, -0.15) is 0 Å². The molecule has 152 valence electrons. The van der Waals surface area contributed by atoms with Crippen molar-refractivity contribution in [2.45, 2.75) is 13.0 Å². The van der Waals surface area contributed by atoms with Gasteiger partial charge in [0.2, 0.25) is 5.95 Å². The first-order valence-corrected chi connectivity index (χ1v) is 9.15. The standard InChI is InChI=1S/C20H24N6O3/c1-25(2)19(28)16-9-8-15-17(22-16)26(10-5-11-29-3)20(23-15)24-18(27)13-6-4-7-14(21)12-13/h4,6-9,12H,5,10-11,21H2,1-3H3,(H,23,24,27). The van der Waals surface area contributed by atoms with Crippen molar-refractivity contribution >= 4 is 34.6 Å². The average molecular weight is 396 g/mol. The molecule has 2 aromatic heterocycles. The molecule has 1 aromatic carbocycles. The van der Waals surface area contributed by atoms with E-state index < -0.39 is 0 Å². The molecule has 29 heavy (non-hydrogen) atoms. The zero-order valence-electron chi connectivity index (χ0n) is 16.7. The van der Waals surface area contributed by atoms with Gasteiger partial charge in [0.1, 0.15) is 11.2 Å². The summed E-state index contributed by atoms with van der Waals surface area (Å²) in [5, 5.41) is 2.82. The van der Waals surface area contributed by atoms with Crippen LogP contribution in [0.1, 0.15) is 27.3 Å². The Balaban J connectivity index is 1.99. The number of fused-ring (bicyclic) bond motifs is 1. The number of rotatable bonds is 7. The molecule has 3 rings (SSSR count). The van der Waals surface area contributed by atoms with Crippen LogP contribution < -0.4 is 11.1 Å².